The number of ether oxygens (including phenoxy) is 1. The molecule has 1 aliphatic rings. The largest absolute Gasteiger partial charge is 0.379 e. The van der Waals surface area contributed by atoms with E-state index >= 15 is 0 Å². The summed E-state index contributed by atoms with van der Waals surface area (Å²) in [5.41, 5.74) is 0. The molecule has 0 spiro atoms. The summed E-state index contributed by atoms with van der Waals surface area (Å²) in [6.45, 7) is 15.8. The van der Waals surface area contributed by atoms with E-state index in [9.17, 15) is 0 Å². The zero-order valence-corrected chi connectivity index (χ0v) is 13.5. The predicted octanol–water partition coefficient (Wildman–Crippen LogP) is 2.76. The fourth-order valence-electron chi connectivity index (χ4n) is 2.36. The molecule has 0 aromatic heterocycles. The molecule has 1 unspecified atom stereocenters. The van der Waals surface area contributed by atoms with Crippen molar-refractivity contribution in [1.29, 1.82) is 0 Å². The first-order chi connectivity index (χ1) is 9.08. The van der Waals surface area contributed by atoms with Crippen molar-refractivity contribution < 1.29 is 4.74 Å². The third-order valence-corrected chi connectivity index (χ3v) is 3.84. The lowest BCUT2D eigenvalue weighted by Gasteiger charge is -2.28. The molecule has 1 aliphatic heterocycles. The molecule has 0 saturated carbocycles. The minimum Gasteiger partial charge on any atom is -0.379 e. The molecular formula is C16H34N2O. The van der Waals surface area contributed by atoms with Gasteiger partial charge in [-0.25, -0.2) is 0 Å². The molecule has 1 fully saturated rings. The third kappa shape index (κ3) is 8.61. The number of morpholine rings is 1. The lowest BCUT2D eigenvalue weighted by molar-refractivity contribution is 0.0694. The van der Waals surface area contributed by atoms with E-state index in [0.29, 0.717) is 6.04 Å². The first kappa shape index (κ1) is 16.9. The van der Waals surface area contributed by atoms with Crippen molar-refractivity contribution in [2.45, 2.75) is 53.0 Å². The van der Waals surface area contributed by atoms with E-state index in [0.717, 1.165) is 31.6 Å². The summed E-state index contributed by atoms with van der Waals surface area (Å²) in [5, 5.41) is 3.55. The average Bonchev–Trinajstić information content (AvgIpc) is 2.38. The third-order valence-electron chi connectivity index (χ3n) is 3.84. The summed E-state index contributed by atoms with van der Waals surface area (Å²) in [4.78, 5) is 2.65. The Kier molecular flexibility index (Phi) is 8.67. The topological polar surface area (TPSA) is 24.5 Å². The lowest BCUT2D eigenvalue weighted by atomic mass is 10.1. The van der Waals surface area contributed by atoms with Crippen LogP contribution in [-0.4, -0.2) is 50.3 Å². The van der Waals surface area contributed by atoms with Crippen LogP contribution in [0, 0.1) is 11.8 Å². The van der Waals surface area contributed by atoms with E-state index in [2.05, 4.69) is 37.9 Å². The van der Waals surface area contributed by atoms with Crippen LogP contribution in [0.3, 0.4) is 0 Å². The molecule has 3 heteroatoms. The summed E-state index contributed by atoms with van der Waals surface area (Å²) in [6.07, 6.45) is 3.84. The second-order valence-corrected chi connectivity index (χ2v) is 6.72. The van der Waals surface area contributed by atoms with Crippen molar-refractivity contribution in [3.8, 4) is 0 Å². The molecule has 0 amide bonds. The molecule has 0 aromatic rings. The normalized spacial score (nSPS) is 20.7. The van der Waals surface area contributed by atoms with Crippen LogP contribution < -0.4 is 5.32 Å². The second kappa shape index (κ2) is 9.73. The Morgan fingerprint density at radius 3 is 2.16 bits per heavy atom. The van der Waals surface area contributed by atoms with Crippen LogP contribution >= 0.6 is 0 Å². The standard InChI is InChI=1S/C16H34N2O/c1-14(2)5-9-18(10-6-15(3)4)11-7-16-13-19-12-8-17-16/h14-17H,5-13H2,1-4H3. The summed E-state index contributed by atoms with van der Waals surface area (Å²) in [7, 11) is 0. The SMILES string of the molecule is CC(C)CCN(CCC(C)C)CCC1COCCN1. The Morgan fingerprint density at radius 1 is 1.05 bits per heavy atom. The van der Waals surface area contributed by atoms with Gasteiger partial charge >= 0.3 is 0 Å². The molecule has 0 radical (unpaired) electrons. The predicted molar refractivity (Wildman–Crippen MR) is 82.6 cm³/mol. The zero-order valence-electron chi connectivity index (χ0n) is 13.5. The van der Waals surface area contributed by atoms with E-state index in [1.807, 2.05) is 0 Å². The Labute approximate surface area is 120 Å². The van der Waals surface area contributed by atoms with Crippen LogP contribution in [0.5, 0.6) is 0 Å². The van der Waals surface area contributed by atoms with Gasteiger partial charge in [-0.15, -0.1) is 0 Å². The molecule has 3 nitrogen and oxygen atoms in total. The fraction of sp³-hybridized carbons (Fsp3) is 1.00. The Hall–Kier alpha value is -0.120. The monoisotopic (exact) mass is 270 g/mol. The Bertz CT molecular complexity index is 201. The van der Waals surface area contributed by atoms with Gasteiger partial charge in [-0.2, -0.15) is 0 Å². The maximum atomic E-state index is 5.53. The highest BCUT2D eigenvalue weighted by Gasteiger charge is 2.15. The Morgan fingerprint density at radius 2 is 1.68 bits per heavy atom. The van der Waals surface area contributed by atoms with Gasteiger partial charge in [-0.3, -0.25) is 0 Å². The van der Waals surface area contributed by atoms with Crippen molar-refractivity contribution in [2.24, 2.45) is 11.8 Å². The van der Waals surface area contributed by atoms with Gasteiger partial charge in [0.2, 0.25) is 0 Å². The maximum Gasteiger partial charge on any atom is 0.0620 e. The molecule has 1 heterocycles. The molecule has 1 atom stereocenters. The van der Waals surface area contributed by atoms with Crippen LogP contribution in [0.15, 0.2) is 0 Å². The highest BCUT2D eigenvalue weighted by molar-refractivity contribution is 4.72. The average molecular weight is 270 g/mol. The minimum atomic E-state index is 0.564. The summed E-state index contributed by atoms with van der Waals surface area (Å²) in [6, 6.07) is 0.564. The van der Waals surface area contributed by atoms with E-state index in [1.165, 1.54) is 38.9 Å². The molecule has 19 heavy (non-hydrogen) atoms. The Balaban J connectivity index is 2.25. The van der Waals surface area contributed by atoms with Crippen LogP contribution in [0.25, 0.3) is 0 Å². The minimum absolute atomic E-state index is 0.564. The van der Waals surface area contributed by atoms with Crippen LogP contribution in [0.4, 0.5) is 0 Å². The van der Waals surface area contributed by atoms with Crippen molar-refractivity contribution in [2.75, 3.05) is 39.4 Å². The first-order valence-electron chi connectivity index (χ1n) is 8.11. The number of hydrogen-bond acceptors (Lipinski definition) is 3. The van der Waals surface area contributed by atoms with E-state index in [1.54, 1.807) is 0 Å². The van der Waals surface area contributed by atoms with Gasteiger partial charge in [0.25, 0.3) is 0 Å². The van der Waals surface area contributed by atoms with Crippen molar-refractivity contribution in [1.82, 2.24) is 10.2 Å². The van der Waals surface area contributed by atoms with Crippen molar-refractivity contribution in [3.63, 3.8) is 0 Å². The van der Waals surface area contributed by atoms with E-state index in [-0.39, 0.29) is 0 Å². The fourth-order valence-corrected chi connectivity index (χ4v) is 2.36. The first-order valence-corrected chi connectivity index (χ1v) is 8.11. The number of nitrogens with zero attached hydrogens (tertiary/aromatic N) is 1. The van der Waals surface area contributed by atoms with Crippen molar-refractivity contribution in [3.05, 3.63) is 0 Å². The molecular weight excluding hydrogens is 236 g/mol. The molecule has 1 saturated heterocycles. The van der Waals surface area contributed by atoms with Gasteiger partial charge in [-0.1, -0.05) is 27.7 Å². The van der Waals surface area contributed by atoms with E-state index in [4.69, 9.17) is 4.74 Å². The molecule has 1 N–H and O–H groups in total. The number of hydrogen-bond donors (Lipinski definition) is 1. The van der Waals surface area contributed by atoms with Gasteiger partial charge in [0.15, 0.2) is 0 Å². The second-order valence-electron chi connectivity index (χ2n) is 6.72. The highest BCUT2D eigenvalue weighted by Crippen LogP contribution is 2.08. The van der Waals surface area contributed by atoms with Gasteiger partial charge in [-0.05, 0) is 50.7 Å². The van der Waals surface area contributed by atoms with Gasteiger partial charge < -0.3 is 15.0 Å². The van der Waals surface area contributed by atoms with Gasteiger partial charge in [0.1, 0.15) is 0 Å². The van der Waals surface area contributed by atoms with Crippen LogP contribution in [0.1, 0.15) is 47.0 Å². The summed E-state index contributed by atoms with van der Waals surface area (Å²) in [5.74, 6) is 1.61. The summed E-state index contributed by atoms with van der Waals surface area (Å²) < 4.78 is 5.53. The lowest BCUT2D eigenvalue weighted by Crippen LogP contribution is -2.43. The van der Waals surface area contributed by atoms with Crippen LogP contribution in [0.2, 0.25) is 0 Å². The maximum absolute atomic E-state index is 5.53. The molecule has 1 rings (SSSR count). The van der Waals surface area contributed by atoms with Crippen molar-refractivity contribution >= 4 is 0 Å². The molecule has 0 bridgehead atoms. The quantitative estimate of drug-likeness (QED) is 0.697. The van der Waals surface area contributed by atoms with E-state index < -0.39 is 0 Å². The zero-order chi connectivity index (χ0) is 14.1. The summed E-state index contributed by atoms with van der Waals surface area (Å²) >= 11 is 0. The molecule has 0 aliphatic carbocycles. The smallest absolute Gasteiger partial charge is 0.0620 e. The highest BCUT2D eigenvalue weighted by atomic mass is 16.5. The number of rotatable bonds is 9. The van der Waals surface area contributed by atoms with Gasteiger partial charge in [0, 0.05) is 12.6 Å². The number of nitrogens with one attached hydrogen (secondary N) is 1. The van der Waals surface area contributed by atoms with Gasteiger partial charge in [0.05, 0.1) is 13.2 Å². The van der Waals surface area contributed by atoms with Crippen LogP contribution in [-0.2, 0) is 4.74 Å². The molecule has 0 aromatic carbocycles. The molecule has 114 valence electrons.